The molecule has 0 fully saturated rings. The zero-order valence-corrected chi connectivity index (χ0v) is 6.16. The second-order valence-corrected chi connectivity index (χ2v) is 1.98. The highest BCUT2D eigenvalue weighted by Crippen LogP contribution is 1.94. The molecule has 0 atom stereocenters. The Balaban J connectivity index is 3.04. The van der Waals surface area contributed by atoms with E-state index in [-0.39, 0.29) is 0 Å². The van der Waals surface area contributed by atoms with Crippen LogP contribution in [0.4, 0.5) is 0 Å². The zero-order valence-electron chi connectivity index (χ0n) is 6.16. The maximum atomic E-state index is 8.19. The van der Waals surface area contributed by atoms with Gasteiger partial charge in [0.25, 0.3) is 0 Å². The van der Waals surface area contributed by atoms with Crippen LogP contribution in [-0.4, -0.2) is 17.4 Å². The van der Waals surface area contributed by atoms with Crippen molar-refractivity contribution in [1.29, 1.82) is 0 Å². The van der Waals surface area contributed by atoms with Crippen molar-refractivity contribution >= 4 is 7.32 Å². The Morgan fingerprint density at radius 2 is 2.20 bits per heavy atom. The summed E-state index contributed by atoms with van der Waals surface area (Å²) < 4.78 is 4.32. The van der Waals surface area contributed by atoms with Gasteiger partial charge in [0.2, 0.25) is 0 Å². The lowest BCUT2D eigenvalue weighted by Gasteiger charge is -1.94. The Bertz CT molecular complexity index is 93.0. The molecule has 0 heterocycles. The average Bonchev–Trinajstić information content (AvgIpc) is 1.87. The molecule has 10 heavy (non-hydrogen) atoms. The third-order valence-corrected chi connectivity index (χ3v) is 1.02. The maximum absolute atomic E-state index is 8.19. The summed E-state index contributed by atoms with van der Waals surface area (Å²) in [6.07, 6.45) is 6.22. The summed E-state index contributed by atoms with van der Waals surface area (Å²) >= 11 is 0. The van der Waals surface area contributed by atoms with E-state index in [2.05, 4.69) is 11.6 Å². The maximum Gasteiger partial charge on any atom is 0.707 e. The molecule has 0 spiro atoms. The van der Waals surface area contributed by atoms with Crippen LogP contribution in [0.1, 0.15) is 26.2 Å². The zero-order chi connectivity index (χ0) is 7.82. The van der Waals surface area contributed by atoms with Crippen molar-refractivity contribution in [3.05, 3.63) is 12.3 Å². The Kier molecular flexibility index (Phi) is 6.33. The molecule has 2 N–H and O–H groups in total. The van der Waals surface area contributed by atoms with Gasteiger partial charge in [-0.15, -0.1) is 0 Å². The Morgan fingerprint density at radius 3 is 2.70 bits per heavy atom. The summed E-state index contributed by atoms with van der Waals surface area (Å²) in [6, 6.07) is 0. The molecule has 0 bridgehead atoms. The molecule has 4 heteroatoms. The summed E-state index contributed by atoms with van der Waals surface area (Å²) in [6.45, 7) is 2.09. The van der Waals surface area contributed by atoms with E-state index in [1.165, 1.54) is 6.26 Å². The van der Waals surface area contributed by atoms with Crippen LogP contribution in [0.5, 0.6) is 0 Å². The number of unbranched alkanes of at least 4 members (excludes halogenated alkanes) is 2. The van der Waals surface area contributed by atoms with Gasteiger partial charge in [0, 0.05) is 0 Å². The molecule has 0 aliphatic carbocycles. The van der Waals surface area contributed by atoms with Gasteiger partial charge in [0.05, 0.1) is 6.26 Å². The van der Waals surface area contributed by atoms with E-state index in [9.17, 15) is 0 Å². The molecule has 0 aromatic carbocycles. The molecule has 0 amide bonds. The van der Waals surface area contributed by atoms with Crippen LogP contribution >= 0.6 is 0 Å². The molecule has 58 valence electrons. The quantitative estimate of drug-likeness (QED) is 0.338. The highest BCUT2D eigenvalue weighted by atomic mass is 16.6. The largest absolute Gasteiger partial charge is 0.707 e. The van der Waals surface area contributed by atoms with Crippen LogP contribution in [0.15, 0.2) is 12.3 Å². The first-order valence-electron chi connectivity index (χ1n) is 3.44. The van der Waals surface area contributed by atoms with Gasteiger partial charge in [0.15, 0.2) is 0 Å². The van der Waals surface area contributed by atoms with Crippen LogP contribution in [0, 0.1) is 0 Å². The minimum Gasteiger partial charge on any atom is -0.519 e. The number of hydrogen-bond acceptors (Lipinski definition) is 3. The van der Waals surface area contributed by atoms with Crippen LogP contribution in [0.3, 0.4) is 0 Å². The van der Waals surface area contributed by atoms with Crippen LogP contribution in [0.2, 0.25) is 0 Å². The summed E-state index contributed by atoms with van der Waals surface area (Å²) in [7, 11) is -1.68. The second kappa shape index (κ2) is 6.64. The number of allylic oxidation sites excluding steroid dienone is 1. The molecular weight excluding hydrogens is 131 g/mol. The lowest BCUT2D eigenvalue weighted by molar-refractivity contribution is 0.257. The van der Waals surface area contributed by atoms with E-state index in [0.717, 1.165) is 19.3 Å². The van der Waals surface area contributed by atoms with Gasteiger partial charge >= 0.3 is 7.32 Å². The molecule has 0 saturated heterocycles. The molecule has 0 aliphatic rings. The molecule has 0 rings (SSSR count). The van der Waals surface area contributed by atoms with E-state index < -0.39 is 7.32 Å². The van der Waals surface area contributed by atoms with Crippen molar-refractivity contribution in [1.82, 2.24) is 0 Å². The van der Waals surface area contributed by atoms with E-state index in [1.807, 2.05) is 0 Å². The SMILES string of the molecule is CCCC/C=C/OB(O)O. The monoisotopic (exact) mass is 144 g/mol. The van der Waals surface area contributed by atoms with Gasteiger partial charge in [-0.25, -0.2) is 0 Å². The minimum absolute atomic E-state index is 0.920. The van der Waals surface area contributed by atoms with Crippen LogP contribution in [0.25, 0.3) is 0 Å². The third-order valence-electron chi connectivity index (χ3n) is 1.02. The predicted octanol–water partition coefficient (Wildman–Crippen LogP) is 0.676. The smallest absolute Gasteiger partial charge is 0.519 e. The first kappa shape index (κ1) is 9.52. The van der Waals surface area contributed by atoms with Crippen molar-refractivity contribution in [3.63, 3.8) is 0 Å². The van der Waals surface area contributed by atoms with Crippen molar-refractivity contribution < 1.29 is 14.7 Å². The third kappa shape index (κ3) is 7.52. The first-order valence-corrected chi connectivity index (χ1v) is 3.44. The Hall–Kier alpha value is -0.475. The van der Waals surface area contributed by atoms with Crippen molar-refractivity contribution in [2.24, 2.45) is 0 Å². The second-order valence-electron chi connectivity index (χ2n) is 1.98. The van der Waals surface area contributed by atoms with Gasteiger partial charge in [-0.3, -0.25) is 0 Å². The van der Waals surface area contributed by atoms with Gasteiger partial charge in [-0.2, -0.15) is 0 Å². The molecule has 3 nitrogen and oxygen atoms in total. The normalized spacial score (nSPS) is 10.3. The molecule has 0 aliphatic heterocycles. The summed E-state index contributed by atoms with van der Waals surface area (Å²) in [5.41, 5.74) is 0. The lowest BCUT2D eigenvalue weighted by atomic mass is 10.2. The molecular formula is C6H13BO3. The number of rotatable bonds is 5. The lowest BCUT2D eigenvalue weighted by Crippen LogP contribution is -2.12. The first-order chi connectivity index (χ1) is 4.77. The highest BCUT2D eigenvalue weighted by molar-refractivity contribution is 6.32. The molecule has 0 radical (unpaired) electrons. The van der Waals surface area contributed by atoms with Crippen LogP contribution in [-0.2, 0) is 4.65 Å². The van der Waals surface area contributed by atoms with E-state index >= 15 is 0 Å². The van der Waals surface area contributed by atoms with Crippen molar-refractivity contribution in [2.45, 2.75) is 26.2 Å². The molecule has 0 unspecified atom stereocenters. The summed E-state index contributed by atoms with van der Waals surface area (Å²) in [5, 5.41) is 16.4. The van der Waals surface area contributed by atoms with Crippen LogP contribution < -0.4 is 0 Å². The van der Waals surface area contributed by atoms with Crippen molar-refractivity contribution in [3.8, 4) is 0 Å². The summed E-state index contributed by atoms with van der Waals surface area (Å²) in [4.78, 5) is 0. The fourth-order valence-corrected chi connectivity index (χ4v) is 0.516. The Labute approximate surface area is 61.5 Å². The van der Waals surface area contributed by atoms with Crippen molar-refractivity contribution in [2.75, 3.05) is 0 Å². The standard InChI is InChI=1S/C6H13BO3/c1-2-3-4-5-6-10-7(8)9/h5-6,8-9H,2-4H2,1H3/b6-5+. The molecule has 0 saturated carbocycles. The fourth-order valence-electron chi connectivity index (χ4n) is 0.516. The van der Waals surface area contributed by atoms with Gasteiger partial charge in [0.1, 0.15) is 0 Å². The van der Waals surface area contributed by atoms with E-state index in [1.54, 1.807) is 6.08 Å². The molecule has 0 aromatic heterocycles. The topological polar surface area (TPSA) is 49.7 Å². The Morgan fingerprint density at radius 1 is 1.50 bits per heavy atom. The van der Waals surface area contributed by atoms with Gasteiger partial charge in [-0.1, -0.05) is 19.4 Å². The highest BCUT2D eigenvalue weighted by Gasteiger charge is 2.05. The summed E-state index contributed by atoms with van der Waals surface area (Å²) in [5.74, 6) is 0. The van der Waals surface area contributed by atoms with E-state index in [4.69, 9.17) is 10.0 Å². The van der Waals surface area contributed by atoms with Gasteiger partial charge < -0.3 is 14.7 Å². The molecule has 0 aromatic rings. The average molecular weight is 144 g/mol. The van der Waals surface area contributed by atoms with E-state index in [0.29, 0.717) is 0 Å². The fraction of sp³-hybridized carbons (Fsp3) is 0.667. The minimum atomic E-state index is -1.68. The predicted molar refractivity (Wildman–Crippen MR) is 39.9 cm³/mol. The van der Waals surface area contributed by atoms with Gasteiger partial charge in [-0.05, 0) is 12.8 Å². The number of hydrogen-bond donors (Lipinski definition) is 2.